The molecule has 0 bridgehead atoms. The van der Waals surface area contributed by atoms with E-state index in [2.05, 4.69) is 10.6 Å². The molecule has 7 nitrogen and oxygen atoms in total. The third-order valence-electron chi connectivity index (χ3n) is 5.19. The quantitative estimate of drug-likeness (QED) is 0.782. The Bertz CT molecular complexity index is 941. The summed E-state index contributed by atoms with van der Waals surface area (Å²) in [6, 6.07) is 8.64. The van der Waals surface area contributed by atoms with E-state index >= 15 is 0 Å². The number of piperidine rings is 1. The molecule has 2 heterocycles. The minimum Gasteiger partial charge on any atom is -0.454 e. The van der Waals surface area contributed by atoms with E-state index in [-0.39, 0.29) is 25.2 Å². The summed E-state index contributed by atoms with van der Waals surface area (Å²) in [5, 5.41) is 5.17. The Kier molecular flexibility index (Phi) is 5.80. The predicted octanol–water partition coefficient (Wildman–Crippen LogP) is 2.98. The van der Waals surface area contributed by atoms with Gasteiger partial charge in [0.25, 0.3) is 0 Å². The predicted molar refractivity (Wildman–Crippen MR) is 105 cm³/mol. The minimum atomic E-state index is -0.817. The molecule has 0 atom stereocenters. The number of halogens is 2. The molecule has 2 aromatic carbocycles. The number of hydrogen-bond acceptors (Lipinski definition) is 5. The molecule has 2 aliphatic heterocycles. The van der Waals surface area contributed by atoms with Crippen molar-refractivity contribution in [3.8, 4) is 11.5 Å². The summed E-state index contributed by atoms with van der Waals surface area (Å²) in [6.07, 6.45) is 1.16. The first kappa shape index (κ1) is 20.1. The molecule has 0 spiro atoms. The van der Waals surface area contributed by atoms with Crippen LogP contribution in [-0.4, -0.2) is 43.1 Å². The highest BCUT2D eigenvalue weighted by atomic mass is 19.1. The van der Waals surface area contributed by atoms with Gasteiger partial charge in [0.05, 0.1) is 6.54 Å². The topological polar surface area (TPSA) is 79.9 Å². The normalized spacial score (nSPS) is 16.3. The number of likely N-dealkylation sites (tertiary alicyclic amines) is 1. The zero-order valence-corrected chi connectivity index (χ0v) is 16.1. The van der Waals surface area contributed by atoms with Crippen molar-refractivity contribution in [2.75, 3.05) is 37.1 Å². The van der Waals surface area contributed by atoms with Crippen LogP contribution in [0.5, 0.6) is 11.5 Å². The van der Waals surface area contributed by atoms with E-state index in [4.69, 9.17) is 9.47 Å². The van der Waals surface area contributed by atoms with Gasteiger partial charge >= 0.3 is 0 Å². The number of fused-ring (bicyclic) bond motifs is 1. The number of carbonyl (C=O) groups excluding carboxylic acids is 2. The molecule has 0 saturated carbocycles. The number of amides is 2. The summed E-state index contributed by atoms with van der Waals surface area (Å²) < 4.78 is 37.9. The van der Waals surface area contributed by atoms with Crippen LogP contribution in [0.2, 0.25) is 0 Å². The van der Waals surface area contributed by atoms with Crippen molar-refractivity contribution in [3.05, 3.63) is 48.0 Å². The molecule has 2 aliphatic rings. The van der Waals surface area contributed by atoms with Crippen LogP contribution in [0.3, 0.4) is 0 Å². The SMILES string of the molecule is O=C(CN1CCC(C(=O)Nc2ccc3c(c2)OCO3)CC1)Nc1c(F)cccc1F. The first-order valence-electron chi connectivity index (χ1n) is 9.66. The Hall–Kier alpha value is -3.20. The van der Waals surface area contributed by atoms with Crippen molar-refractivity contribution in [1.82, 2.24) is 4.90 Å². The zero-order chi connectivity index (χ0) is 21.1. The molecule has 2 aromatic rings. The third-order valence-corrected chi connectivity index (χ3v) is 5.19. The lowest BCUT2D eigenvalue weighted by Crippen LogP contribution is -2.41. The highest BCUT2D eigenvalue weighted by Gasteiger charge is 2.27. The van der Waals surface area contributed by atoms with Gasteiger partial charge in [-0.05, 0) is 50.2 Å². The third kappa shape index (κ3) is 4.51. The van der Waals surface area contributed by atoms with Gasteiger partial charge in [-0.25, -0.2) is 8.78 Å². The van der Waals surface area contributed by atoms with E-state index in [1.807, 2.05) is 4.90 Å². The molecule has 0 aliphatic carbocycles. The Morgan fingerprint density at radius 3 is 2.43 bits per heavy atom. The molecule has 158 valence electrons. The van der Waals surface area contributed by atoms with Crippen molar-refractivity contribution in [2.24, 2.45) is 5.92 Å². The molecular formula is C21H21F2N3O4. The molecule has 30 heavy (non-hydrogen) atoms. The fraction of sp³-hybridized carbons (Fsp3) is 0.333. The van der Waals surface area contributed by atoms with Gasteiger partial charge in [0.1, 0.15) is 17.3 Å². The van der Waals surface area contributed by atoms with E-state index < -0.39 is 23.2 Å². The molecule has 9 heteroatoms. The summed E-state index contributed by atoms with van der Waals surface area (Å²) in [7, 11) is 0. The van der Waals surface area contributed by atoms with Crippen molar-refractivity contribution in [1.29, 1.82) is 0 Å². The maximum absolute atomic E-state index is 13.7. The van der Waals surface area contributed by atoms with Gasteiger partial charge in [-0.2, -0.15) is 0 Å². The average Bonchev–Trinajstić information content (AvgIpc) is 3.19. The summed E-state index contributed by atoms with van der Waals surface area (Å²) in [6.45, 7) is 1.24. The maximum atomic E-state index is 13.7. The van der Waals surface area contributed by atoms with Crippen molar-refractivity contribution >= 4 is 23.2 Å². The lowest BCUT2D eigenvalue weighted by atomic mass is 9.95. The first-order valence-corrected chi connectivity index (χ1v) is 9.66. The monoisotopic (exact) mass is 417 g/mol. The Balaban J connectivity index is 1.25. The number of nitrogens with one attached hydrogen (secondary N) is 2. The molecule has 2 N–H and O–H groups in total. The van der Waals surface area contributed by atoms with Gasteiger partial charge in [-0.3, -0.25) is 14.5 Å². The van der Waals surface area contributed by atoms with Gasteiger partial charge in [-0.1, -0.05) is 6.07 Å². The lowest BCUT2D eigenvalue weighted by Gasteiger charge is -2.30. The summed E-state index contributed by atoms with van der Waals surface area (Å²) in [4.78, 5) is 26.6. The van der Waals surface area contributed by atoms with Crippen molar-refractivity contribution in [3.63, 3.8) is 0 Å². The molecule has 2 amide bonds. The first-order chi connectivity index (χ1) is 14.5. The molecule has 0 aromatic heterocycles. The highest BCUT2D eigenvalue weighted by Crippen LogP contribution is 2.34. The Labute approximate surface area is 172 Å². The second-order valence-electron chi connectivity index (χ2n) is 7.25. The largest absolute Gasteiger partial charge is 0.454 e. The van der Waals surface area contributed by atoms with Crippen LogP contribution < -0.4 is 20.1 Å². The number of benzene rings is 2. The average molecular weight is 417 g/mol. The van der Waals surface area contributed by atoms with Crippen molar-refractivity contribution < 1.29 is 27.8 Å². The number of anilines is 2. The summed E-state index contributed by atoms with van der Waals surface area (Å²) in [5.74, 6) is -1.16. The van der Waals surface area contributed by atoms with Crippen LogP contribution in [0.15, 0.2) is 36.4 Å². The number of carbonyl (C=O) groups is 2. The number of ether oxygens (including phenoxy) is 2. The van der Waals surface area contributed by atoms with Gasteiger partial charge in [0.15, 0.2) is 11.5 Å². The van der Waals surface area contributed by atoms with Gasteiger partial charge in [0.2, 0.25) is 18.6 Å². The van der Waals surface area contributed by atoms with Crippen LogP contribution in [0.25, 0.3) is 0 Å². The van der Waals surface area contributed by atoms with Gasteiger partial charge < -0.3 is 20.1 Å². The molecular weight excluding hydrogens is 396 g/mol. The van der Waals surface area contributed by atoms with Crippen LogP contribution >= 0.6 is 0 Å². The number of para-hydroxylation sites is 1. The highest BCUT2D eigenvalue weighted by molar-refractivity contribution is 5.93. The Morgan fingerprint density at radius 2 is 1.70 bits per heavy atom. The fourth-order valence-corrected chi connectivity index (χ4v) is 3.57. The van der Waals surface area contributed by atoms with Crippen LogP contribution in [0.4, 0.5) is 20.2 Å². The van der Waals surface area contributed by atoms with Crippen molar-refractivity contribution in [2.45, 2.75) is 12.8 Å². The maximum Gasteiger partial charge on any atom is 0.238 e. The number of rotatable bonds is 5. The van der Waals surface area contributed by atoms with Crippen LogP contribution in [0, 0.1) is 17.6 Å². The van der Waals surface area contributed by atoms with Gasteiger partial charge in [0, 0.05) is 17.7 Å². The van der Waals surface area contributed by atoms with E-state index in [0.29, 0.717) is 43.1 Å². The van der Waals surface area contributed by atoms with E-state index in [0.717, 1.165) is 12.1 Å². The standard InChI is InChI=1S/C21H21F2N3O4/c22-15-2-1-3-16(23)20(15)25-19(27)11-26-8-6-13(7-9-26)21(28)24-14-4-5-17-18(10-14)30-12-29-17/h1-5,10,13H,6-9,11-12H2,(H,24,28)(H,25,27). The molecule has 1 saturated heterocycles. The fourth-order valence-electron chi connectivity index (χ4n) is 3.57. The molecule has 1 fully saturated rings. The minimum absolute atomic E-state index is 0.00424. The van der Waals surface area contributed by atoms with Gasteiger partial charge in [-0.15, -0.1) is 0 Å². The zero-order valence-electron chi connectivity index (χ0n) is 16.1. The number of nitrogens with zero attached hydrogens (tertiary/aromatic N) is 1. The summed E-state index contributed by atoms with van der Waals surface area (Å²) in [5.41, 5.74) is 0.193. The van der Waals surface area contributed by atoms with E-state index in [1.54, 1.807) is 18.2 Å². The Morgan fingerprint density at radius 1 is 1.00 bits per heavy atom. The smallest absolute Gasteiger partial charge is 0.238 e. The lowest BCUT2D eigenvalue weighted by molar-refractivity contribution is -0.121. The van der Waals surface area contributed by atoms with E-state index in [9.17, 15) is 18.4 Å². The molecule has 0 radical (unpaired) electrons. The second-order valence-corrected chi connectivity index (χ2v) is 7.25. The number of hydrogen-bond donors (Lipinski definition) is 2. The second kappa shape index (κ2) is 8.66. The summed E-state index contributed by atoms with van der Waals surface area (Å²) >= 11 is 0. The molecule has 0 unspecified atom stereocenters. The van der Waals surface area contributed by atoms with Crippen LogP contribution in [-0.2, 0) is 9.59 Å². The molecule has 4 rings (SSSR count). The van der Waals surface area contributed by atoms with E-state index in [1.165, 1.54) is 6.07 Å². The van der Waals surface area contributed by atoms with Crippen LogP contribution in [0.1, 0.15) is 12.8 Å².